The molecular weight excluding hydrogens is 180 g/mol. The zero-order chi connectivity index (χ0) is 10.4. The second kappa shape index (κ2) is 5.58. The highest BCUT2D eigenvalue weighted by Crippen LogP contribution is 2.22. The summed E-state index contributed by atoms with van der Waals surface area (Å²) >= 11 is 0. The van der Waals surface area contributed by atoms with E-state index in [1.165, 1.54) is 0 Å². The topological polar surface area (TPSA) is 43.4 Å². The van der Waals surface area contributed by atoms with Crippen LogP contribution < -0.4 is 0 Å². The largest absolute Gasteiger partial charge is 0.393 e. The quantitative estimate of drug-likeness (QED) is 0.283. The summed E-state index contributed by atoms with van der Waals surface area (Å²) in [5.41, 5.74) is 0. The van der Waals surface area contributed by atoms with Gasteiger partial charge in [0.1, 0.15) is 0 Å². The molecule has 0 aromatic heterocycles. The Kier molecular flexibility index (Phi) is 4.36. The minimum Gasteiger partial charge on any atom is -0.393 e. The number of carbonyl (C=O) groups excluding carboxylic acids is 2. The van der Waals surface area contributed by atoms with Crippen LogP contribution in [-0.2, 0) is 14.3 Å². The lowest BCUT2D eigenvalue weighted by molar-refractivity contribution is -0.153. The molecule has 0 radical (unpaired) electrons. The summed E-state index contributed by atoms with van der Waals surface area (Å²) < 4.78 is 4.46. The van der Waals surface area contributed by atoms with Gasteiger partial charge in [0.05, 0.1) is 12.3 Å². The van der Waals surface area contributed by atoms with Gasteiger partial charge in [-0.2, -0.15) is 0 Å². The Hall–Kier alpha value is -1.12. The minimum absolute atomic E-state index is 0.175. The minimum atomic E-state index is -0.369. The summed E-state index contributed by atoms with van der Waals surface area (Å²) in [5.74, 6) is -0.879. The fourth-order valence-electron chi connectivity index (χ4n) is 1.60. The third-order valence-electron chi connectivity index (χ3n) is 2.42. The number of rotatable bonds is 6. The number of cyclic esters (lactones) is 2. The molecule has 1 atom stereocenters. The van der Waals surface area contributed by atoms with Gasteiger partial charge in [-0.1, -0.05) is 18.9 Å². The van der Waals surface area contributed by atoms with Crippen molar-refractivity contribution >= 4 is 11.9 Å². The molecule has 1 fully saturated rings. The summed E-state index contributed by atoms with van der Waals surface area (Å²) in [6.45, 7) is 3.64. The first-order chi connectivity index (χ1) is 6.74. The Morgan fingerprint density at radius 1 is 1.36 bits per heavy atom. The summed E-state index contributed by atoms with van der Waals surface area (Å²) in [7, 11) is 0. The van der Waals surface area contributed by atoms with Gasteiger partial charge in [-0.05, 0) is 19.3 Å². The normalized spacial score (nSPS) is 21.0. The Morgan fingerprint density at radius 3 is 2.71 bits per heavy atom. The number of ether oxygens (including phenoxy) is 1. The van der Waals surface area contributed by atoms with E-state index < -0.39 is 0 Å². The maximum absolute atomic E-state index is 11.0. The molecule has 1 aliphatic rings. The zero-order valence-corrected chi connectivity index (χ0v) is 8.33. The van der Waals surface area contributed by atoms with Gasteiger partial charge in [-0.3, -0.25) is 9.59 Å². The summed E-state index contributed by atoms with van der Waals surface area (Å²) in [6, 6.07) is 0. The van der Waals surface area contributed by atoms with E-state index in [2.05, 4.69) is 11.3 Å². The number of hydrogen-bond acceptors (Lipinski definition) is 3. The summed E-state index contributed by atoms with van der Waals surface area (Å²) in [5, 5.41) is 0. The van der Waals surface area contributed by atoms with Crippen LogP contribution >= 0.6 is 0 Å². The van der Waals surface area contributed by atoms with E-state index in [-0.39, 0.29) is 24.3 Å². The standard InChI is InChI=1S/C11H16O3/c1-2-3-4-5-6-7-9-8-10(12)14-11(9)13/h2,9H,1,3-8H2. The van der Waals surface area contributed by atoms with Crippen molar-refractivity contribution in [1.82, 2.24) is 0 Å². The van der Waals surface area contributed by atoms with Crippen molar-refractivity contribution in [2.24, 2.45) is 5.92 Å². The maximum Gasteiger partial charge on any atom is 0.317 e. The smallest absolute Gasteiger partial charge is 0.317 e. The summed E-state index contributed by atoms with van der Waals surface area (Å²) in [4.78, 5) is 21.8. The molecule has 0 spiro atoms. The van der Waals surface area contributed by atoms with Crippen molar-refractivity contribution in [1.29, 1.82) is 0 Å². The van der Waals surface area contributed by atoms with Crippen molar-refractivity contribution in [3.8, 4) is 0 Å². The third kappa shape index (κ3) is 3.32. The third-order valence-corrected chi connectivity index (χ3v) is 2.42. The van der Waals surface area contributed by atoms with Gasteiger partial charge in [-0.25, -0.2) is 0 Å². The van der Waals surface area contributed by atoms with Crippen LogP contribution in [-0.4, -0.2) is 11.9 Å². The van der Waals surface area contributed by atoms with E-state index in [9.17, 15) is 9.59 Å². The molecule has 3 heteroatoms. The molecule has 1 unspecified atom stereocenters. The lowest BCUT2D eigenvalue weighted by Crippen LogP contribution is -2.06. The molecule has 1 heterocycles. The molecule has 1 aliphatic heterocycles. The van der Waals surface area contributed by atoms with Crippen molar-refractivity contribution in [3.63, 3.8) is 0 Å². The van der Waals surface area contributed by atoms with Crippen LogP contribution in [0.25, 0.3) is 0 Å². The highest BCUT2D eigenvalue weighted by Gasteiger charge is 2.32. The van der Waals surface area contributed by atoms with E-state index >= 15 is 0 Å². The molecule has 0 N–H and O–H groups in total. The number of allylic oxidation sites excluding steroid dienone is 1. The van der Waals surface area contributed by atoms with Crippen LogP contribution in [0.15, 0.2) is 12.7 Å². The first-order valence-electron chi connectivity index (χ1n) is 5.09. The lowest BCUT2D eigenvalue weighted by atomic mass is 9.99. The van der Waals surface area contributed by atoms with E-state index in [1.54, 1.807) is 0 Å². The Morgan fingerprint density at radius 2 is 2.14 bits per heavy atom. The van der Waals surface area contributed by atoms with E-state index in [4.69, 9.17) is 0 Å². The molecule has 1 saturated heterocycles. The van der Waals surface area contributed by atoms with Gasteiger partial charge < -0.3 is 4.74 Å². The van der Waals surface area contributed by atoms with Gasteiger partial charge in [-0.15, -0.1) is 6.58 Å². The second-order valence-electron chi connectivity index (χ2n) is 3.62. The fraction of sp³-hybridized carbons (Fsp3) is 0.636. The van der Waals surface area contributed by atoms with Crippen LogP contribution in [0.4, 0.5) is 0 Å². The van der Waals surface area contributed by atoms with Crippen LogP contribution in [0.1, 0.15) is 38.5 Å². The lowest BCUT2D eigenvalue weighted by Gasteiger charge is -2.02. The highest BCUT2D eigenvalue weighted by atomic mass is 16.6. The molecule has 1 rings (SSSR count). The van der Waals surface area contributed by atoms with Crippen molar-refractivity contribution in [3.05, 3.63) is 12.7 Å². The first kappa shape index (κ1) is 11.0. The number of unbranched alkanes of at least 4 members (excludes halogenated alkanes) is 3. The average molecular weight is 196 g/mol. The van der Waals surface area contributed by atoms with Gasteiger partial charge in [0.2, 0.25) is 0 Å². The van der Waals surface area contributed by atoms with Gasteiger partial charge >= 0.3 is 11.9 Å². The molecule has 3 nitrogen and oxygen atoms in total. The monoisotopic (exact) mass is 196 g/mol. The van der Waals surface area contributed by atoms with Gasteiger partial charge in [0.15, 0.2) is 0 Å². The molecular formula is C11H16O3. The van der Waals surface area contributed by atoms with Crippen molar-refractivity contribution in [2.45, 2.75) is 38.5 Å². The molecule has 0 aromatic carbocycles. The van der Waals surface area contributed by atoms with Crippen LogP contribution in [0, 0.1) is 5.92 Å². The molecule has 14 heavy (non-hydrogen) atoms. The highest BCUT2D eigenvalue weighted by molar-refractivity contribution is 5.94. The Balaban J connectivity index is 2.09. The van der Waals surface area contributed by atoms with Crippen molar-refractivity contribution in [2.75, 3.05) is 0 Å². The van der Waals surface area contributed by atoms with Crippen LogP contribution in [0.2, 0.25) is 0 Å². The second-order valence-corrected chi connectivity index (χ2v) is 3.62. The van der Waals surface area contributed by atoms with Gasteiger partial charge in [0, 0.05) is 0 Å². The molecule has 0 aliphatic carbocycles. The number of carbonyl (C=O) groups is 2. The Labute approximate surface area is 84.1 Å². The first-order valence-corrected chi connectivity index (χ1v) is 5.09. The van der Waals surface area contributed by atoms with Crippen molar-refractivity contribution < 1.29 is 14.3 Å². The number of esters is 2. The Bertz CT molecular complexity index is 233. The predicted molar refractivity (Wildman–Crippen MR) is 52.5 cm³/mol. The van der Waals surface area contributed by atoms with E-state index in [0.717, 1.165) is 32.1 Å². The molecule has 0 bridgehead atoms. The average Bonchev–Trinajstić information content (AvgIpc) is 2.45. The maximum atomic E-state index is 11.0. The van der Waals surface area contributed by atoms with Crippen LogP contribution in [0.3, 0.4) is 0 Å². The predicted octanol–water partition coefficient (Wildman–Crippen LogP) is 2.21. The summed E-state index contributed by atoms with van der Waals surface area (Å²) in [6.07, 6.45) is 7.16. The SMILES string of the molecule is C=CCCCCCC1CC(=O)OC1=O. The molecule has 0 aromatic rings. The molecule has 0 amide bonds. The zero-order valence-electron chi connectivity index (χ0n) is 8.33. The fourth-order valence-corrected chi connectivity index (χ4v) is 1.60. The van der Waals surface area contributed by atoms with E-state index in [1.807, 2.05) is 6.08 Å². The van der Waals surface area contributed by atoms with Crippen LogP contribution in [0.5, 0.6) is 0 Å². The molecule has 78 valence electrons. The van der Waals surface area contributed by atoms with Gasteiger partial charge in [0.25, 0.3) is 0 Å². The number of hydrogen-bond donors (Lipinski definition) is 0. The molecule has 0 saturated carbocycles. The van der Waals surface area contributed by atoms with E-state index in [0.29, 0.717) is 0 Å².